The van der Waals surface area contributed by atoms with Gasteiger partial charge in [-0.15, -0.1) is 0 Å². The van der Waals surface area contributed by atoms with E-state index in [1.54, 1.807) is 17.9 Å². The van der Waals surface area contributed by atoms with Gasteiger partial charge in [0.25, 0.3) is 5.91 Å². The Hall–Kier alpha value is -3.67. The first kappa shape index (κ1) is 24.5. The summed E-state index contributed by atoms with van der Waals surface area (Å²) in [4.78, 5) is 27.2. The maximum atomic E-state index is 14.1. The number of hydrogen-bond donors (Lipinski definition) is 1. The van der Waals surface area contributed by atoms with Crippen LogP contribution in [0.2, 0.25) is 0 Å². The molecule has 0 radical (unpaired) electrons. The first-order chi connectivity index (χ1) is 16.9. The summed E-state index contributed by atoms with van der Waals surface area (Å²) in [5.74, 6) is -0.00666. The van der Waals surface area contributed by atoms with Gasteiger partial charge in [0, 0.05) is 19.5 Å². The number of hydrogen-bond acceptors (Lipinski definition) is 3. The molecule has 182 valence electrons. The van der Waals surface area contributed by atoms with Crippen molar-refractivity contribution >= 4 is 11.8 Å². The van der Waals surface area contributed by atoms with Crippen LogP contribution in [0.4, 0.5) is 4.39 Å². The molecule has 0 bridgehead atoms. The number of benzene rings is 3. The number of aryl methyl sites for hydroxylation is 1. The van der Waals surface area contributed by atoms with Gasteiger partial charge in [0.05, 0.1) is 6.04 Å². The second kappa shape index (κ2) is 10.7. The Labute approximate surface area is 205 Å². The van der Waals surface area contributed by atoms with E-state index in [0.29, 0.717) is 37.2 Å². The van der Waals surface area contributed by atoms with Gasteiger partial charge in [-0.3, -0.25) is 9.59 Å². The first-order valence-corrected chi connectivity index (χ1v) is 12.0. The molecule has 0 saturated carbocycles. The molecule has 3 aromatic rings. The molecule has 3 aromatic carbocycles. The highest BCUT2D eigenvalue weighted by molar-refractivity contribution is 5.80. The fourth-order valence-electron chi connectivity index (χ4n) is 4.59. The second-order valence-corrected chi connectivity index (χ2v) is 8.98. The SMILES string of the molecule is CCC(=O)N1CCc2ccc(OC(C)C(=O)NCc3cccc(C)c3)cc2C1c1cccc(F)c1. The molecule has 1 heterocycles. The number of rotatable bonds is 7. The monoisotopic (exact) mass is 474 g/mol. The summed E-state index contributed by atoms with van der Waals surface area (Å²) in [5.41, 5.74) is 4.86. The van der Waals surface area contributed by atoms with Crippen molar-refractivity contribution in [2.24, 2.45) is 0 Å². The lowest BCUT2D eigenvalue weighted by molar-refractivity contribution is -0.133. The van der Waals surface area contributed by atoms with Crippen molar-refractivity contribution in [2.45, 2.75) is 52.3 Å². The lowest BCUT2D eigenvalue weighted by Crippen LogP contribution is -2.40. The van der Waals surface area contributed by atoms with E-state index in [2.05, 4.69) is 5.32 Å². The van der Waals surface area contributed by atoms with E-state index in [1.165, 1.54) is 12.1 Å². The summed E-state index contributed by atoms with van der Waals surface area (Å²) < 4.78 is 20.1. The second-order valence-electron chi connectivity index (χ2n) is 8.98. The highest BCUT2D eigenvalue weighted by atomic mass is 19.1. The Morgan fingerprint density at radius 2 is 1.91 bits per heavy atom. The molecule has 1 aliphatic rings. The maximum absolute atomic E-state index is 14.1. The van der Waals surface area contributed by atoms with Crippen LogP contribution in [0.15, 0.2) is 66.7 Å². The van der Waals surface area contributed by atoms with E-state index in [-0.39, 0.29) is 17.6 Å². The molecule has 0 aromatic heterocycles. The van der Waals surface area contributed by atoms with Crippen LogP contribution in [-0.4, -0.2) is 29.4 Å². The van der Waals surface area contributed by atoms with Crippen LogP contribution in [0.3, 0.4) is 0 Å². The molecule has 6 heteroatoms. The fraction of sp³-hybridized carbons (Fsp3) is 0.310. The van der Waals surface area contributed by atoms with Crippen LogP contribution in [0.1, 0.15) is 54.1 Å². The van der Waals surface area contributed by atoms with E-state index >= 15 is 0 Å². The average molecular weight is 475 g/mol. The van der Waals surface area contributed by atoms with Gasteiger partial charge >= 0.3 is 0 Å². The number of fused-ring (bicyclic) bond motifs is 1. The molecular weight excluding hydrogens is 443 g/mol. The topological polar surface area (TPSA) is 58.6 Å². The minimum atomic E-state index is -0.706. The van der Waals surface area contributed by atoms with Crippen molar-refractivity contribution in [1.29, 1.82) is 0 Å². The first-order valence-electron chi connectivity index (χ1n) is 12.0. The maximum Gasteiger partial charge on any atom is 0.261 e. The molecule has 0 spiro atoms. The van der Waals surface area contributed by atoms with Gasteiger partial charge in [-0.25, -0.2) is 4.39 Å². The number of carbonyl (C=O) groups excluding carboxylic acids is 2. The molecule has 35 heavy (non-hydrogen) atoms. The highest BCUT2D eigenvalue weighted by Crippen LogP contribution is 2.37. The number of nitrogens with one attached hydrogen (secondary N) is 1. The van der Waals surface area contributed by atoms with Gasteiger partial charge in [-0.1, -0.05) is 55.0 Å². The van der Waals surface area contributed by atoms with Crippen LogP contribution in [0, 0.1) is 12.7 Å². The Kier molecular flexibility index (Phi) is 7.49. The molecule has 0 fully saturated rings. The van der Waals surface area contributed by atoms with E-state index in [0.717, 1.165) is 22.3 Å². The summed E-state index contributed by atoms with van der Waals surface area (Å²) in [5, 5.41) is 2.92. The van der Waals surface area contributed by atoms with Crippen LogP contribution >= 0.6 is 0 Å². The lowest BCUT2D eigenvalue weighted by atomic mass is 9.87. The van der Waals surface area contributed by atoms with Crippen molar-refractivity contribution in [3.05, 3.63) is 100 Å². The van der Waals surface area contributed by atoms with Crippen LogP contribution in [0.25, 0.3) is 0 Å². The molecule has 0 saturated heterocycles. The standard InChI is InChI=1S/C29H31FN2O3/c1-4-27(33)32-14-13-22-11-12-25(17-26(22)28(32)23-9-6-10-24(30)16-23)35-20(3)29(34)31-18-21-8-5-7-19(2)15-21/h5-12,15-17,20,28H,4,13-14,18H2,1-3H3,(H,31,34). The molecule has 2 amide bonds. The van der Waals surface area contributed by atoms with Gasteiger partial charge in [0.1, 0.15) is 11.6 Å². The van der Waals surface area contributed by atoms with Crippen LogP contribution < -0.4 is 10.1 Å². The molecule has 1 N–H and O–H groups in total. The smallest absolute Gasteiger partial charge is 0.261 e. The number of ether oxygens (including phenoxy) is 1. The average Bonchev–Trinajstić information content (AvgIpc) is 2.86. The van der Waals surface area contributed by atoms with Crippen LogP contribution in [0.5, 0.6) is 5.75 Å². The Bertz CT molecular complexity index is 1230. The third-order valence-electron chi connectivity index (χ3n) is 6.36. The van der Waals surface area contributed by atoms with E-state index < -0.39 is 12.1 Å². The summed E-state index contributed by atoms with van der Waals surface area (Å²) in [6.45, 7) is 6.55. The lowest BCUT2D eigenvalue weighted by Gasteiger charge is -2.38. The molecule has 1 aliphatic heterocycles. The third kappa shape index (κ3) is 5.70. The van der Waals surface area contributed by atoms with E-state index in [9.17, 15) is 14.0 Å². The molecule has 2 atom stereocenters. The van der Waals surface area contributed by atoms with Gasteiger partial charge in [-0.05, 0) is 66.8 Å². The summed E-state index contributed by atoms with van der Waals surface area (Å²) in [6, 6.07) is 19.7. The predicted octanol–water partition coefficient (Wildman–Crippen LogP) is 5.10. The fourth-order valence-corrected chi connectivity index (χ4v) is 4.59. The zero-order valence-corrected chi connectivity index (χ0v) is 20.4. The van der Waals surface area contributed by atoms with Gasteiger partial charge in [-0.2, -0.15) is 0 Å². The van der Waals surface area contributed by atoms with Gasteiger partial charge in [0.2, 0.25) is 5.91 Å². The van der Waals surface area contributed by atoms with Gasteiger partial charge in [0.15, 0.2) is 6.10 Å². The minimum absolute atomic E-state index is 0.0140. The zero-order valence-electron chi connectivity index (χ0n) is 20.4. The minimum Gasteiger partial charge on any atom is -0.481 e. The summed E-state index contributed by atoms with van der Waals surface area (Å²) >= 11 is 0. The van der Waals surface area contributed by atoms with E-state index in [1.807, 2.05) is 62.4 Å². The Morgan fingerprint density at radius 3 is 2.66 bits per heavy atom. The number of amides is 2. The molecule has 5 nitrogen and oxygen atoms in total. The van der Waals surface area contributed by atoms with Crippen molar-refractivity contribution < 1.29 is 18.7 Å². The third-order valence-corrected chi connectivity index (χ3v) is 6.36. The summed E-state index contributed by atoms with van der Waals surface area (Å²) in [6.07, 6.45) is 0.372. The normalized spacial score (nSPS) is 15.8. The van der Waals surface area contributed by atoms with Crippen LogP contribution in [-0.2, 0) is 22.6 Å². The largest absolute Gasteiger partial charge is 0.481 e. The number of carbonyl (C=O) groups is 2. The zero-order chi connectivity index (χ0) is 24.9. The quantitative estimate of drug-likeness (QED) is 0.518. The van der Waals surface area contributed by atoms with Crippen molar-refractivity contribution in [3.63, 3.8) is 0 Å². The highest BCUT2D eigenvalue weighted by Gasteiger charge is 2.32. The van der Waals surface area contributed by atoms with Crippen molar-refractivity contribution in [2.75, 3.05) is 6.54 Å². The van der Waals surface area contributed by atoms with Crippen molar-refractivity contribution in [3.8, 4) is 5.75 Å². The van der Waals surface area contributed by atoms with Gasteiger partial charge < -0.3 is 15.0 Å². The number of halogens is 1. The molecule has 4 rings (SSSR count). The molecule has 0 aliphatic carbocycles. The van der Waals surface area contributed by atoms with E-state index in [4.69, 9.17) is 4.74 Å². The Morgan fingerprint density at radius 1 is 1.11 bits per heavy atom. The Balaban J connectivity index is 1.54. The number of nitrogens with zero attached hydrogens (tertiary/aromatic N) is 1. The molecular formula is C29H31FN2O3. The predicted molar refractivity (Wildman–Crippen MR) is 134 cm³/mol. The summed E-state index contributed by atoms with van der Waals surface area (Å²) in [7, 11) is 0. The van der Waals surface area contributed by atoms with Crippen molar-refractivity contribution in [1.82, 2.24) is 10.2 Å². The molecule has 2 unspecified atom stereocenters.